The molecule has 0 radical (unpaired) electrons. The number of hydrogen-bond donors (Lipinski definition) is 0. The first-order valence-corrected chi connectivity index (χ1v) is 6.83. The van der Waals surface area contributed by atoms with E-state index in [1.165, 1.54) is 45.1 Å². The van der Waals surface area contributed by atoms with Crippen LogP contribution in [0.3, 0.4) is 0 Å². The maximum atomic E-state index is 9.75. The van der Waals surface area contributed by atoms with Crippen molar-refractivity contribution >= 4 is 7.25 Å². The second kappa shape index (κ2) is 12.5. The topological polar surface area (TPSA) is 6.48 Å². The zero-order valence-electron chi connectivity index (χ0n) is 12.8. The number of unbranched alkanes of at least 4 members (excludes halogenated alkanes) is 5. The van der Waals surface area contributed by atoms with Gasteiger partial charge in [-0.15, -0.1) is 0 Å². The van der Waals surface area contributed by atoms with Gasteiger partial charge in [-0.05, 0) is 6.42 Å². The van der Waals surface area contributed by atoms with E-state index in [9.17, 15) is 17.3 Å². The van der Waals surface area contributed by atoms with Crippen molar-refractivity contribution in [2.45, 2.75) is 45.4 Å². The summed E-state index contributed by atoms with van der Waals surface area (Å²) in [5.74, 6) is 0. The molecular formula is C12H24BF4LiN2. The third-order valence-electron chi connectivity index (χ3n) is 2.74. The number of hydrogen-bond acceptors (Lipinski definition) is 2. The van der Waals surface area contributed by atoms with E-state index in [0.717, 1.165) is 6.67 Å². The normalized spacial score (nSPS) is 13.9. The third kappa shape index (κ3) is 17.7. The zero-order chi connectivity index (χ0) is 14.7. The van der Waals surface area contributed by atoms with E-state index in [2.05, 4.69) is 36.2 Å². The second-order valence-electron chi connectivity index (χ2n) is 4.77. The van der Waals surface area contributed by atoms with Gasteiger partial charge in [0.05, 0.1) is 6.67 Å². The molecule has 0 spiro atoms. The predicted molar refractivity (Wildman–Crippen MR) is 72.0 cm³/mol. The summed E-state index contributed by atoms with van der Waals surface area (Å²) < 4.78 is 39.0. The summed E-state index contributed by atoms with van der Waals surface area (Å²) in [6, 6.07) is 0. The van der Waals surface area contributed by atoms with E-state index in [1.807, 2.05) is 0 Å². The first-order valence-electron chi connectivity index (χ1n) is 6.83. The van der Waals surface area contributed by atoms with Gasteiger partial charge in [-0.3, -0.25) is 0 Å². The van der Waals surface area contributed by atoms with Gasteiger partial charge < -0.3 is 27.1 Å². The van der Waals surface area contributed by atoms with Crippen molar-refractivity contribution in [1.29, 1.82) is 0 Å². The number of halogens is 4. The van der Waals surface area contributed by atoms with Crippen molar-refractivity contribution in [1.82, 2.24) is 9.80 Å². The van der Waals surface area contributed by atoms with Crippen LogP contribution < -0.4 is 18.9 Å². The van der Waals surface area contributed by atoms with Crippen molar-refractivity contribution in [3.63, 3.8) is 0 Å². The summed E-state index contributed by atoms with van der Waals surface area (Å²) in [4.78, 5) is 4.61. The Labute approximate surface area is 131 Å². The van der Waals surface area contributed by atoms with Crippen LogP contribution in [-0.4, -0.2) is 37.3 Å². The molecule has 0 atom stereocenters. The molecule has 114 valence electrons. The molecule has 8 heteroatoms. The molecule has 0 aromatic heterocycles. The van der Waals surface area contributed by atoms with Crippen molar-refractivity contribution in [2.75, 3.05) is 20.3 Å². The minimum atomic E-state index is -6.00. The van der Waals surface area contributed by atoms with E-state index in [-0.39, 0.29) is 18.9 Å². The molecule has 0 saturated carbocycles. The molecule has 1 rings (SSSR count). The average Bonchev–Trinajstić information content (AvgIpc) is 2.67. The molecule has 0 aliphatic carbocycles. The fraction of sp³-hybridized carbons (Fsp3) is 0.833. The Kier molecular flexibility index (Phi) is 13.7. The quantitative estimate of drug-likeness (QED) is 0.396. The summed E-state index contributed by atoms with van der Waals surface area (Å²) in [6.07, 6.45) is 12.7. The Hall–Kier alpha value is -0.278. The monoisotopic (exact) mass is 290 g/mol. The van der Waals surface area contributed by atoms with Gasteiger partial charge in [-0.2, -0.15) is 0 Å². The van der Waals surface area contributed by atoms with Gasteiger partial charge in [0.1, 0.15) is 0 Å². The van der Waals surface area contributed by atoms with Crippen molar-refractivity contribution in [2.24, 2.45) is 0 Å². The average molecular weight is 290 g/mol. The van der Waals surface area contributed by atoms with Crippen LogP contribution in [0.25, 0.3) is 0 Å². The molecule has 0 aromatic rings. The van der Waals surface area contributed by atoms with E-state index in [1.54, 1.807) is 0 Å². The van der Waals surface area contributed by atoms with E-state index >= 15 is 0 Å². The number of rotatable bonds is 7. The van der Waals surface area contributed by atoms with Crippen molar-refractivity contribution in [3.05, 3.63) is 12.4 Å². The van der Waals surface area contributed by atoms with E-state index in [4.69, 9.17) is 0 Å². The standard InChI is InChI=1S/C12H24N2.BF4.Li/c1-3-4-5-6-7-8-9-14-11-10-13(2)12-14;2-1(3,4)5;/h10-11H,3-9,12H2,1-2H3;;/q;-1;+1. The largest absolute Gasteiger partial charge is 1.00 e. The molecule has 1 aliphatic heterocycles. The van der Waals surface area contributed by atoms with Gasteiger partial charge in [-0.1, -0.05) is 39.0 Å². The van der Waals surface area contributed by atoms with Crippen molar-refractivity contribution in [3.8, 4) is 0 Å². The molecular weight excluding hydrogens is 266 g/mol. The molecule has 1 aliphatic rings. The van der Waals surface area contributed by atoms with E-state index in [0.29, 0.717) is 0 Å². The summed E-state index contributed by atoms with van der Waals surface area (Å²) in [5, 5.41) is 0. The second-order valence-corrected chi connectivity index (χ2v) is 4.77. The van der Waals surface area contributed by atoms with Crippen LogP contribution in [0.2, 0.25) is 0 Å². The molecule has 0 N–H and O–H groups in total. The molecule has 0 amide bonds. The Balaban J connectivity index is 0. The smallest absolute Gasteiger partial charge is 0.418 e. The molecule has 0 unspecified atom stereocenters. The Bertz CT molecular complexity index is 246. The molecule has 0 saturated heterocycles. The maximum Gasteiger partial charge on any atom is 1.00 e. The van der Waals surface area contributed by atoms with Gasteiger partial charge in [0, 0.05) is 26.0 Å². The van der Waals surface area contributed by atoms with Crippen LogP contribution >= 0.6 is 0 Å². The minimum Gasteiger partial charge on any atom is -0.418 e. The Morgan fingerprint density at radius 1 is 0.950 bits per heavy atom. The van der Waals surface area contributed by atoms with Gasteiger partial charge in [-0.25, -0.2) is 0 Å². The fourth-order valence-electron chi connectivity index (χ4n) is 1.83. The predicted octanol–water partition coefficient (Wildman–Crippen LogP) is 1.33. The van der Waals surface area contributed by atoms with Crippen LogP contribution in [0, 0.1) is 0 Å². The van der Waals surface area contributed by atoms with Crippen LogP contribution in [0.1, 0.15) is 45.4 Å². The van der Waals surface area contributed by atoms with Crippen LogP contribution in [0.4, 0.5) is 17.3 Å². The summed E-state index contributed by atoms with van der Waals surface area (Å²) in [5.41, 5.74) is 0. The van der Waals surface area contributed by atoms with Gasteiger partial charge >= 0.3 is 26.1 Å². The summed E-state index contributed by atoms with van der Waals surface area (Å²) in [7, 11) is -3.88. The molecule has 1 heterocycles. The molecule has 0 bridgehead atoms. The summed E-state index contributed by atoms with van der Waals surface area (Å²) in [6.45, 7) is 4.58. The first-order chi connectivity index (χ1) is 8.83. The van der Waals surface area contributed by atoms with Crippen LogP contribution in [0.15, 0.2) is 12.4 Å². The molecule has 0 fully saturated rings. The molecule has 0 aromatic carbocycles. The van der Waals surface area contributed by atoms with E-state index < -0.39 is 7.25 Å². The van der Waals surface area contributed by atoms with Gasteiger partial charge in [0.2, 0.25) is 0 Å². The summed E-state index contributed by atoms with van der Waals surface area (Å²) >= 11 is 0. The maximum absolute atomic E-state index is 9.75. The van der Waals surface area contributed by atoms with Crippen LogP contribution in [0.5, 0.6) is 0 Å². The van der Waals surface area contributed by atoms with Crippen LogP contribution in [-0.2, 0) is 0 Å². The van der Waals surface area contributed by atoms with Gasteiger partial charge in [0.15, 0.2) is 0 Å². The first kappa shape index (κ1) is 22.0. The third-order valence-corrected chi connectivity index (χ3v) is 2.74. The minimum absolute atomic E-state index is 0. The molecule has 2 nitrogen and oxygen atoms in total. The SMILES string of the molecule is CCCCCCCCN1C=CN(C)C1.F[B-](F)(F)F.[Li+]. The Morgan fingerprint density at radius 2 is 1.45 bits per heavy atom. The Morgan fingerprint density at radius 3 is 1.90 bits per heavy atom. The fourth-order valence-corrected chi connectivity index (χ4v) is 1.83. The molecule has 20 heavy (non-hydrogen) atoms. The number of nitrogens with zero attached hydrogens (tertiary/aromatic N) is 2. The zero-order valence-corrected chi connectivity index (χ0v) is 12.8. The van der Waals surface area contributed by atoms with Crippen molar-refractivity contribution < 1.29 is 36.1 Å². The van der Waals surface area contributed by atoms with Gasteiger partial charge in [0.25, 0.3) is 0 Å².